The molecule has 1 aliphatic heterocycles. The Balaban J connectivity index is 2.51. The van der Waals surface area contributed by atoms with E-state index in [-0.39, 0.29) is 19.4 Å². The third-order valence-corrected chi connectivity index (χ3v) is 10.1. The van der Waals surface area contributed by atoms with E-state index in [1.165, 1.54) is 64.2 Å². The molecule has 0 aliphatic carbocycles. The molecule has 1 saturated heterocycles. The van der Waals surface area contributed by atoms with E-state index in [1.807, 2.05) is 0 Å². The smallest absolute Gasteiger partial charge is 0.306 e. The Bertz CT molecular complexity index is 1100. The number of rotatable bonds is 33. The average Bonchev–Trinajstić information content (AvgIpc) is 3.12. The minimum Gasteiger partial charge on any atom is -0.462 e. The van der Waals surface area contributed by atoms with Gasteiger partial charge in [-0.05, 0) is 38.5 Å². The van der Waals surface area contributed by atoms with E-state index in [9.17, 15) is 37.9 Å². The average molecular weight is 777 g/mol. The molecule has 2 unspecified atom stereocenters. The van der Waals surface area contributed by atoms with Crippen LogP contribution in [0.3, 0.4) is 0 Å². The van der Waals surface area contributed by atoms with Crippen molar-refractivity contribution in [3.8, 4) is 0 Å². The van der Waals surface area contributed by atoms with E-state index in [1.54, 1.807) is 0 Å². The number of carbonyl (C=O) groups is 2. The molecule has 0 bridgehead atoms. The monoisotopic (exact) mass is 776 g/mol. The number of esters is 2. The van der Waals surface area contributed by atoms with Gasteiger partial charge in [-0.15, -0.1) is 0 Å². The Hall–Kier alpha value is -1.87. The van der Waals surface area contributed by atoms with E-state index in [2.05, 4.69) is 38.2 Å². The molecule has 4 N–H and O–H groups in total. The third-order valence-electron chi connectivity index (χ3n) is 9.31. The van der Waals surface area contributed by atoms with Crippen LogP contribution < -0.4 is 0 Å². The normalized spacial score (nSPS) is 21.4. The number of hydrogen-bond donors (Lipinski definition) is 4. The minimum absolute atomic E-state index is 0.149. The molecule has 0 spiro atoms. The number of aliphatic hydroxyl groups is 3. The first-order valence-electron chi connectivity index (χ1n) is 20.4. The maximum Gasteiger partial charge on any atom is 0.306 e. The van der Waals surface area contributed by atoms with Gasteiger partial charge >= 0.3 is 11.9 Å². The van der Waals surface area contributed by atoms with Crippen molar-refractivity contribution in [2.75, 3.05) is 19.0 Å². The van der Waals surface area contributed by atoms with Gasteiger partial charge in [0.2, 0.25) is 0 Å². The molecule has 6 atom stereocenters. The fourth-order valence-corrected chi connectivity index (χ4v) is 6.77. The van der Waals surface area contributed by atoms with Gasteiger partial charge in [0.1, 0.15) is 36.8 Å². The predicted octanol–water partition coefficient (Wildman–Crippen LogP) is 7.28. The molecule has 1 fully saturated rings. The Morgan fingerprint density at radius 1 is 0.642 bits per heavy atom. The molecule has 0 aromatic carbocycles. The van der Waals surface area contributed by atoms with Crippen molar-refractivity contribution in [1.82, 2.24) is 0 Å². The van der Waals surface area contributed by atoms with Crippen molar-refractivity contribution in [3.63, 3.8) is 0 Å². The Kier molecular flexibility index (Phi) is 29.1. The standard InChI is InChI=1S/C40H72O12S/c1-3-5-7-9-11-13-15-16-17-18-19-21-23-25-27-29-36(42)51-33(30-49-35(41)28-26-24-22-20-14-12-10-8-6-4-2)31-50-40-39(45)38(44)37(43)34(52-40)32-53(46,47)48/h13,15-17,33-34,37-40,43-45H,3-12,14,18-32H2,1-2H3,(H,46,47,48)/b15-13+,17-16+/t33-,34-,37-,38?,39?,40+/m1/s1. The Morgan fingerprint density at radius 2 is 1.11 bits per heavy atom. The molecule has 1 heterocycles. The van der Waals surface area contributed by atoms with Crippen LogP contribution in [-0.4, -0.2) is 96.0 Å². The molecule has 0 radical (unpaired) electrons. The van der Waals surface area contributed by atoms with Crippen molar-refractivity contribution >= 4 is 22.1 Å². The number of carbonyl (C=O) groups excluding carboxylic acids is 2. The van der Waals surface area contributed by atoms with E-state index in [0.29, 0.717) is 12.8 Å². The van der Waals surface area contributed by atoms with E-state index in [4.69, 9.17) is 18.9 Å². The summed E-state index contributed by atoms with van der Waals surface area (Å²) in [5.41, 5.74) is 0. The predicted molar refractivity (Wildman–Crippen MR) is 206 cm³/mol. The zero-order valence-corrected chi connectivity index (χ0v) is 33.4. The first-order valence-corrected chi connectivity index (χ1v) is 22.0. The third kappa shape index (κ3) is 26.6. The Labute approximate surface area is 319 Å². The lowest BCUT2D eigenvalue weighted by atomic mass is 10.00. The van der Waals surface area contributed by atoms with Crippen LogP contribution in [0.2, 0.25) is 0 Å². The summed E-state index contributed by atoms with van der Waals surface area (Å²) in [5, 5.41) is 30.8. The SMILES string of the molecule is CCCCCC/C=C/C=C/CCCCCCCC(=O)O[C@H](COC(=O)CCCCCCCCCCCC)CO[C@H]1O[C@H](CS(=O)(=O)O)[C@@H](O)C(O)C1O. The highest BCUT2D eigenvalue weighted by atomic mass is 32.2. The summed E-state index contributed by atoms with van der Waals surface area (Å²) in [6.45, 7) is 3.69. The van der Waals surface area contributed by atoms with Crippen LogP contribution in [0, 0.1) is 0 Å². The van der Waals surface area contributed by atoms with Gasteiger partial charge in [-0.3, -0.25) is 14.1 Å². The van der Waals surface area contributed by atoms with Crippen LogP contribution >= 0.6 is 0 Å². The number of aliphatic hydroxyl groups excluding tert-OH is 3. The second kappa shape index (κ2) is 31.3. The molecule has 1 rings (SSSR count). The molecule has 310 valence electrons. The summed E-state index contributed by atoms with van der Waals surface area (Å²) in [6, 6.07) is 0. The van der Waals surface area contributed by atoms with E-state index in [0.717, 1.165) is 57.8 Å². The van der Waals surface area contributed by atoms with Gasteiger partial charge in [-0.25, -0.2) is 0 Å². The number of unbranched alkanes of at least 4 members (excludes halogenated alkanes) is 18. The Morgan fingerprint density at radius 3 is 1.64 bits per heavy atom. The number of allylic oxidation sites excluding steroid dienone is 4. The second-order valence-electron chi connectivity index (χ2n) is 14.3. The number of hydrogen-bond acceptors (Lipinski definition) is 11. The fraction of sp³-hybridized carbons (Fsp3) is 0.850. The van der Waals surface area contributed by atoms with Gasteiger partial charge in [0.05, 0.1) is 6.61 Å². The zero-order valence-electron chi connectivity index (χ0n) is 32.6. The van der Waals surface area contributed by atoms with Crippen LogP contribution in [-0.2, 0) is 38.7 Å². The van der Waals surface area contributed by atoms with E-state index >= 15 is 0 Å². The van der Waals surface area contributed by atoms with E-state index < -0.39 is 71.2 Å². The topological polar surface area (TPSA) is 186 Å². The summed E-state index contributed by atoms with van der Waals surface area (Å²) in [4.78, 5) is 25.2. The molecule has 0 saturated carbocycles. The summed E-state index contributed by atoms with van der Waals surface area (Å²) in [7, 11) is -4.60. The highest BCUT2D eigenvalue weighted by Gasteiger charge is 2.46. The largest absolute Gasteiger partial charge is 0.462 e. The molecule has 12 nitrogen and oxygen atoms in total. The molecular formula is C40H72O12S. The van der Waals surface area contributed by atoms with Crippen LogP contribution in [0.1, 0.15) is 162 Å². The number of ether oxygens (including phenoxy) is 4. The molecule has 0 aromatic rings. The zero-order chi connectivity index (χ0) is 39.2. The van der Waals surface area contributed by atoms with Crippen LogP contribution in [0.5, 0.6) is 0 Å². The van der Waals surface area contributed by atoms with Gasteiger partial charge in [-0.2, -0.15) is 8.42 Å². The van der Waals surface area contributed by atoms with Gasteiger partial charge in [0, 0.05) is 12.8 Å². The first-order chi connectivity index (χ1) is 25.5. The van der Waals surface area contributed by atoms with Crippen LogP contribution in [0.4, 0.5) is 0 Å². The highest BCUT2D eigenvalue weighted by Crippen LogP contribution is 2.24. The molecule has 13 heteroatoms. The summed E-state index contributed by atoms with van der Waals surface area (Å²) in [6.07, 6.45) is 22.3. The van der Waals surface area contributed by atoms with Crippen LogP contribution in [0.15, 0.2) is 24.3 Å². The molecular weight excluding hydrogens is 704 g/mol. The molecule has 53 heavy (non-hydrogen) atoms. The van der Waals surface area contributed by atoms with Crippen LogP contribution in [0.25, 0.3) is 0 Å². The lowest BCUT2D eigenvalue weighted by Gasteiger charge is -2.40. The molecule has 0 aromatic heterocycles. The van der Waals surface area contributed by atoms with Gasteiger partial charge in [-0.1, -0.05) is 134 Å². The van der Waals surface area contributed by atoms with Crippen molar-refractivity contribution in [3.05, 3.63) is 24.3 Å². The summed E-state index contributed by atoms with van der Waals surface area (Å²) in [5.74, 6) is -2.00. The highest BCUT2D eigenvalue weighted by molar-refractivity contribution is 7.85. The van der Waals surface area contributed by atoms with Crippen molar-refractivity contribution in [2.24, 2.45) is 0 Å². The fourth-order valence-electron chi connectivity index (χ4n) is 6.08. The lowest BCUT2D eigenvalue weighted by molar-refractivity contribution is -0.297. The summed E-state index contributed by atoms with van der Waals surface area (Å²) >= 11 is 0. The van der Waals surface area contributed by atoms with Crippen molar-refractivity contribution in [1.29, 1.82) is 0 Å². The first kappa shape index (κ1) is 49.1. The van der Waals surface area contributed by atoms with Gasteiger partial charge in [0.25, 0.3) is 10.1 Å². The van der Waals surface area contributed by atoms with Gasteiger partial charge in [0.15, 0.2) is 12.4 Å². The van der Waals surface area contributed by atoms with Gasteiger partial charge < -0.3 is 34.3 Å². The summed E-state index contributed by atoms with van der Waals surface area (Å²) < 4.78 is 53.8. The van der Waals surface area contributed by atoms with Crippen molar-refractivity contribution in [2.45, 2.75) is 198 Å². The maximum absolute atomic E-state index is 12.7. The lowest BCUT2D eigenvalue weighted by Crippen LogP contribution is -2.60. The quantitative estimate of drug-likeness (QED) is 0.0226. The minimum atomic E-state index is -4.60. The maximum atomic E-state index is 12.7. The molecule has 1 aliphatic rings. The van der Waals surface area contributed by atoms with Crippen molar-refractivity contribution < 1.29 is 56.8 Å². The second-order valence-corrected chi connectivity index (χ2v) is 15.8. The molecule has 0 amide bonds.